The zero-order chi connectivity index (χ0) is 27.9. The Labute approximate surface area is 234 Å². The van der Waals surface area contributed by atoms with E-state index in [9.17, 15) is 9.59 Å². The van der Waals surface area contributed by atoms with Gasteiger partial charge in [0.25, 0.3) is 0 Å². The number of amides is 3. The summed E-state index contributed by atoms with van der Waals surface area (Å²) in [6, 6.07) is 22.4. The molecule has 0 aliphatic rings. The van der Waals surface area contributed by atoms with Gasteiger partial charge in [0.05, 0.1) is 0 Å². The van der Waals surface area contributed by atoms with E-state index in [2.05, 4.69) is 53.8 Å². The maximum atomic E-state index is 13.4. The van der Waals surface area contributed by atoms with E-state index < -0.39 is 12.1 Å². The monoisotopic (exact) mass is 541 g/mol. The molecule has 3 N–H and O–H groups in total. The minimum Gasteiger partial charge on any atom is -0.326 e. The van der Waals surface area contributed by atoms with Crippen molar-refractivity contribution in [1.82, 2.24) is 15.5 Å². The van der Waals surface area contributed by atoms with E-state index in [1.807, 2.05) is 79.7 Å². The molecule has 0 aliphatic carbocycles. The van der Waals surface area contributed by atoms with Crippen LogP contribution in [-0.4, -0.2) is 28.2 Å². The SMILES string of the molecule is Cc1ccc(-c2nnc(NC(=O)C(Cc3ccccc3)NC(=O)Nc3c(C(C)C)cccc3C(C)C)s2)cc1. The predicted octanol–water partition coefficient (Wildman–Crippen LogP) is 7.13. The maximum Gasteiger partial charge on any atom is 0.319 e. The lowest BCUT2D eigenvalue weighted by molar-refractivity contribution is -0.117. The van der Waals surface area contributed by atoms with Crippen LogP contribution in [0.4, 0.5) is 15.6 Å². The summed E-state index contributed by atoms with van der Waals surface area (Å²) in [5, 5.41) is 18.3. The lowest BCUT2D eigenvalue weighted by Crippen LogP contribution is -2.47. The minimum absolute atomic E-state index is 0.225. The Kier molecular flexibility index (Phi) is 9.09. The van der Waals surface area contributed by atoms with Crippen LogP contribution in [0.15, 0.2) is 72.8 Å². The molecule has 0 fully saturated rings. The number of aromatic nitrogens is 2. The van der Waals surface area contributed by atoms with Crippen molar-refractivity contribution in [3.8, 4) is 10.6 Å². The molecule has 8 heteroatoms. The molecule has 7 nitrogen and oxygen atoms in total. The fourth-order valence-corrected chi connectivity index (χ4v) is 5.09. The van der Waals surface area contributed by atoms with Crippen molar-refractivity contribution >= 4 is 34.1 Å². The minimum atomic E-state index is -0.826. The van der Waals surface area contributed by atoms with Crippen molar-refractivity contribution in [1.29, 1.82) is 0 Å². The number of aryl methyl sites for hydroxylation is 1. The smallest absolute Gasteiger partial charge is 0.319 e. The van der Waals surface area contributed by atoms with Gasteiger partial charge in [-0.15, -0.1) is 10.2 Å². The molecule has 1 atom stereocenters. The first-order valence-electron chi connectivity index (χ1n) is 13.2. The first-order valence-corrected chi connectivity index (χ1v) is 14.0. The van der Waals surface area contributed by atoms with Gasteiger partial charge < -0.3 is 10.6 Å². The number of urea groups is 1. The number of para-hydroxylation sites is 1. The lowest BCUT2D eigenvalue weighted by atomic mass is 9.93. The number of benzene rings is 3. The molecule has 3 aromatic carbocycles. The average Bonchev–Trinajstić information content (AvgIpc) is 3.37. The zero-order valence-electron chi connectivity index (χ0n) is 23.0. The van der Waals surface area contributed by atoms with Crippen LogP contribution in [0.25, 0.3) is 10.6 Å². The number of nitrogens with one attached hydrogen (secondary N) is 3. The van der Waals surface area contributed by atoms with Gasteiger partial charge in [-0.05, 0) is 35.4 Å². The van der Waals surface area contributed by atoms with Gasteiger partial charge in [-0.25, -0.2) is 4.79 Å². The van der Waals surface area contributed by atoms with Crippen LogP contribution in [0, 0.1) is 6.92 Å². The topological polar surface area (TPSA) is 96.0 Å². The molecule has 0 aliphatic heterocycles. The molecule has 0 bridgehead atoms. The van der Waals surface area contributed by atoms with E-state index in [1.54, 1.807) is 0 Å². The Hall–Kier alpha value is -4.04. The first kappa shape index (κ1) is 28.0. The molecule has 0 spiro atoms. The lowest BCUT2D eigenvalue weighted by Gasteiger charge is -2.22. The van der Waals surface area contributed by atoms with Crippen LogP contribution in [0.1, 0.15) is 61.8 Å². The number of anilines is 2. The molecule has 0 radical (unpaired) electrons. The number of nitrogens with zero attached hydrogens (tertiary/aromatic N) is 2. The summed E-state index contributed by atoms with van der Waals surface area (Å²) in [6.45, 7) is 10.4. The Morgan fingerprint density at radius 1 is 0.795 bits per heavy atom. The Morgan fingerprint density at radius 3 is 2.05 bits per heavy atom. The van der Waals surface area contributed by atoms with Crippen molar-refractivity contribution in [2.45, 2.75) is 58.9 Å². The maximum absolute atomic E-state index is 13.4. The van der Waals surface area contributed by atoms with Crippen LogP contribution in [0.2, 0.25) is 0 Å². The Bertz CT molecular complexity index is 1390. The number of hydrogen-bond acceptors (Lipinski definition) is 5. The number of hydrogen-bond donors (Lipinski definition) is 3. The van der Waals surface area contributed by atoms with Crippen LogP contribution < -0.4 is 16.0 Å². The molecule has 1 heterocycles. The summed E-state index contributed by atoms with van der Waals surface area (Å²) in [5.74, 6) is 0.0897. The van der Waals surface area contributed by atoms with E-state index in [4.69, 9.17) is 0 Å². The molecular weight excluding hydrogens is 506 g/mol. The molecule has 0 saturated heterocycles. The Balaban J connectivity index is 1.54. The quantitative estimate of drug-likeness (QED) is 0.210. The van der Waals surface area contributed by atoms with E-state index >= 15 is 0 Å². The molecule has 39 heavy (non-hydrogen) atoms. The highest BCUT2D eigenvalue weighted by atomic mass is 32.1. The molecule has 3 amide bonds. The molecule has 1 unspecified atom stereocenters. The normalized spacial score (nSPS) is 11.9. The summed E-state index contributed by atoms with van der Waals surface area (Å²) in [6.07, 6.45) is 0.326. The largest absolute Gasteiger partial charge is 0.326 e. The highest BCUT2D eigenvalue weighted by molar-refractivity contribution is 7.18. The average molecular weight is 542 g/mol. The summed E-state index contributed by atoms with van der Waals surface area (Å²) in [7, 11) is 0. The fourth-order valence-electron chi connectivity index (χ4n) is 4.34. The van der Waals surface area contributed by atoms with E-state index in [1.165, 1.54) is 11.3 Å². The fraction of sp³-hybridized carbons (Fsp3) is 0.290. The second-order valence-corrected chi connectivity index (χ2v) is 11.2. The van der Waals surface area contributed by atoms with E-state index in [-0.39, 0.29) is 17.7 Å². The summed E-state index contributed by atoms with van der Waals surface area (Å²) in [4.78, 5) is 26.7. The van der Waals surface area contributed by atoms with Gasteiger partial charge in [0.2, 0.25) is 11.0 Å². The van der Waals surface area contributed by atoms with Crippen molar-refractivity contribution in [2.75, 3.05) is 10.6 Å². The second kappa shape index (κ2) is 12.7. The van der Waals surface area contributed by atoms with Crippen molar-refractivity contribution in [2.24, 2.45) is 0 Å². The van der Waals surface area contributed by atoms with Gasteiger partial charge in [-0.1, -0.05) is 117 Å². The Morgan fingerprint density at radius 2 is 1.44 bits per heavy atom. The molecule has 202 valence electrons. The second-order valence-electron chi connectivity index (χ2n) is 10.2. The molecule has 4 rings (SSSR count). The zero-order valence-corrected chi connectivity index (χ0v) is 23.8. The van der Waals surface area contributed by atoms with Gasteiger partial charge in [-0.2, -0.15) is 0 Å². The van der Waals surface area contributed by atoms with Gasteiger partial charge in [0.15, 0.2) is 0 Å². The number of carbonyl (C=O) groups is 2. The van der Waals surface area contributed by atoms with E-state index in [0.717, 1.165) is 33.5 Å². The van der Waals surface area contributed by atoms with Crippen molar-refractivity contribution in [3.05, 3.63) is 95.1 Å². The molecule has 0 saturated carbocycles. The summed E-state index contributed by atoms with van der Waals surface area (Å²) >= 11 is 1.29. The first-order chi connectivity index (χ1) is 18.7. The van der Waals surface area contributed by atoms with E-state index in [0.29, 0.717) is 16.6 Å². The highest BCUT2D eigenvalue weighted by Crippen LogP contribution is 2.32. The number of carbonyl (C=O) groups excluding carboxylic acids is 2. The third kappa shape index (κ3) is 7.29. The molecule has 4 aromatic rings. The van der Waals surface area contributed by atoms with Crippen molar-refractivity contribution in [3.63, 3.8) is 0 Å². The van der Waals surface area contributed by atoms with Crippen molar-refractivity contribution < 1.29 is 9.59 Å². The third-order valence-electron chi connectivity index (χ3n) is 6.47. The summed E-state index contributed by atoms with van der Waals surface area (Å²) in [5.41, 5.74) is 5.92. The van der Waals surface area contributed by atoms with Gasteiger partial charge >= 0.3 is 6.03 Å². The summed E-state index contributed by atoms with van der Waals surface area (Å²) < 4.78 is 0. The third-order valence-corrected chi connectivity index (χ3v) is 7.36. The van der Waals surface area contributed by atoms with Gasteiger partial charge in [0.1, 0.15) is 11.0 Å². The van der Waals surface area contributed by atoms with Gasteiger partial charge in [-0.3, -0.25) is 10.1 Å². The highest BCUT2D eigenvalue weighted by Gasteiger charge is 2.24. The molecular formula is C31H35N5O2S. The van der Waals surface area contributed by atoms with Crippen LogP contribution in [0.5, 0.6) is 0 Å². The van der Waals surface area contributed by atoms with Gasteiger partial charge in [0, 0.05) is 17.7 Å². The van der Waals surface area contributed by atoms with Crippen LogP contribution in [0.3, 0.4) is 0 Å². The van der Waals surface area contributed by atoms with Crippen LogP contribution >= 0.6 is 11.3 Å². The predicted molar refractivity (Wildman–Crippen MR) is 159 cm³/mol. The molecule has 1 aromatic heterocycles. The number of rotatable bonds is 9. The van der Waals surface area contributed by atoms with Crippen LogP contribution in [-0.2, 0) is 11.2 Å². The standard InChI is InChI=1S/C31H35N5O2S/c1-19(2)24-12-9-13-25(20(3)4)27(24)33-30(38)32-26(18-22-10-7-6-8-11-22)28(37)34-31-36-35-29(39-31)23-16-14-21(5)15-17-23/h6-17,19-20,26H,18H2,1-5H3,(H2,32,33,38)(H,34,36,37).